The lowest BCUT2D eigenvalue weighted by Crippen LogP contribution is -2.37. The molecule has 0 rings (SSSR count). The number of hydrogen-bond acceptors (Lipinski definition) is 7. The number of unbranched alkanes of at least 4 members (excludes halogenated alkanes) is 4. The van der Waals surface area contributed by atoms with Gasteiger partial charge in [0.1, 0.15) is 19.3 Å². The number of carbonyl (C=O) groups excluding carboxylic acids is 1. The highest BCUT2D eigenvalue weighted by Crippen LogP contribution is 2.38. The van der Waals surface area contributed by atoms with Gasteiger partial charge < -0.3 is 27.9 Å². The van der Waals surface area contributed by atoms with Gasteiger partial charge in [0.15, 0.2) is 0 Å². The number of nitrogens with zero attached hydrogens (tertiary/aromatic N) is 1. The molecule has 0 N–H and O–H groups in total. The highest BCUT2D eigenvalue weighted by Gasteiger charge is 2.20. The van der Waals surface area contributed by atoms with Crippen molar-refractivity contribution < 1.29 is 37.3 Å². The molecule has 61 heavy (non-hydrogen) atoms. The van der Waals surface area contributed by atoms with Gasteiger partial charge in [-0.3, -0.25) is 9.36 Å². The van der Waals surface area contributed by atoms with E-state index in [1.165, 1.54) is 0 Å². The molecule has 0 heterocycles. The number of esters is 1. The second-order valence-corrected chi connectivity index (χ2v) is 17.1. The summed E-state index contributed by atoms with van der Waals surface area (Å²) in [4.78, 5) is 25.1. The van der Waals surface area contributed by atoms with Crippen LogP contribution < -0.4 is 4.89 Å². The van der Waals surface area contributed by atoms with Crippen molar-refractivity contribution in [1.29, 1.82) is 0 Å². The van der Waals surface area contributed by atoms with E-state index in [2.05, 4.69) is 135 Å². The van der Waals surface area contributed by atoms with E-state index in [1.54, 1.807) is 0 Å². The van der Waals surface area contributed by atoms with Crippen molar-refractivity contribution in [3.63, 3.8) is 0 Å². The van der Waals surface area contributed by atoms with E-state index in [-0.39, 0.29) is 26.2 Å². The molecule has 0 radical (unpaired) electrons. The number of phosphoric ester groups is 1. The topological polar surface area (TPSA) is 94.1 Å². The summed E-state index contributed by atoms with van der Waals surface area (Å²) in [5.41, 5.74) is 0. The molecule has 0 aromatic heterocycles. The number of likely N-dealkylation sites (N-methyl/N-ethyl adjacent to an activating group) is 1. The van der Waals surface area contributed by atoms with Crippen LogP contribution in [0.4, 0.5) is 0 Å². The Morgan fingerprint density at radius 3 is 1.33 bits per heavy atom. The third-order valence-corrected chi connectivity index (χ3v) is 9.67. The maximum Gasteiger partial charge on any atom is 0.306 e. The van der Waals surface area contributed by atoms with Gasteiger partial charge in [0.2, 0.25) is 0 Å². The fourth-order valence-electron chi connectivity index (χ4n) is 5.24. The number of hydrogen-bond donors (Lipinski definition) is 0. The largest absolute Gasteiger partial charge is 0.756 e. The Bertz CT molecular complexity index is 1420. The van der Waals surface area contributed by atoms with Gasteiger partial charge in [-0.15, -0.1) is 0 Å². The molecule has 2 unspecified atom stereocenters. The minimum atomic E-state index is -4.57. The van der Waals surface area contributed by atoms with Gasteiger partial charge in [-0.25, -0.2) is 0 Å². The summed E-state index contributed by atoms with van der Waals surface area (Å²) < 4.78 is 34.5. The second kappa shape index (κ2) is 43.3. The van der Waals surface area contributed by atoms with Crippen molar-refractivity contribution in [2.24, 2.45) is 0 Å². The van der Waals surface area contributed by atoms with Crippen LogP contribution in [0.3, 0.4) is 0 Å². The first-order valence-electron chi connectivity index (χ1n) is 22.9. The van der Waals surface area contributed by atoms with Crippen LogP contribution in [0.5, 0.6) is 0 Å². The van der Waals surface area contributed by atoms with Crippen LogP contribution in [-0.4, -0.2) is 70.7 Å². The van der Waals surface area contributed by atoms with E-state index in [1.807, 2.05) is 33.3 Å². The van der Waals surface area contributed by atoms with Crippen LogP contribution in [0.15, 0.2) is 134 Å². The second-order valence-electron chi connectivity index (χ2n) is 15.6. The van der Waals surface area contributed by atoms with Crippen molar-refractivity contribution in [2.45, 2.75) is 136 Å². The fourth-order valence-corrected chi connectivity index (χ4v) is 5.97. The molecule has 0 aromatic carbocycles. The monoisotopic (exact) mass is 866 g/mol. The molecule has 2 atom stereocenters. The first kappa shape index (κ1) is 57.6. The number of phosphoric acid groups is 1. The molecular formula is C52H84NO7P. The van der Waals surface area contributed by atoms with Crippen molar-refractivity contribution >= 4 is 13.8 Å². The van der Waals surface area contributed by atoms with E-state index in [4.69, 9.17) is 18.5 Å². The van der Waals surface area contributed by atoms with Gasteiger partial charge in [0.25, 0.3) is 7.82 Å². The molecule has 0 aromatic rings. The van der Waals surface area contributed by atoms with Gasteiger partial charge in [0, 0.05) is 13.0 Å². The summed E-state index contributed by atoms with van der Waals surface area (Å²) in [6, 6.07) is 0. The Hall–Kier alpha value is -3.36. The zero-order chi connectivity index (χ0) is 44.8. The van der Waals surface area contributed by atoms with Crippen molar-refractivity contribution in [2.75, 3.05) is 54.1 Å². The van der Waals surface area contributed by atoms with Gasteiger partial charge in [-0.2, -0.15) is 0 Å². The van der Waals surface area contributed by atoms with E-state index in [0.717, 1.165) is 103 Å². The third kappa shape index (κ3) is 47.5. The third-order valence-electron chi connectivity index (χ3n) is 8.71. The van der Waals surface area contributed by atoms with Crippen molar-refractivity contribution in [1.82, 2.24) is 0 Å². The summed E-state index contributed by atoms with van der Waals surface area (Å²) in [5, 5.41) is 0. The Kier molecular flexibility index (Phi) is 40.9. The SMILES string of the molecule is CC/C=C\C/C=C\C/C=C\C/C=C\C/C=C\C/C=C\CCC(=O)OC(COCCCCCC/C=C\C/C=C\C/C=C\C/C=C\C/C=C\CC)COP(=O)([O-])OCC[N+](C)(C)C. The predicted octanol–water partition coefficient (Wildman–Crippen LogP) is 13.3. The zero-order valence-corrected chi connectivity index (χ0v) is 39.7. The number of rotatable bonds is 40. The lowest BCUT2D eigenvalue weighted by atomic mass is 10.1. The first-order valence-corrected chi connectivity index (χ1v) is 24.4. The molecule has 0 saturated carbocycles. The summed E-state index contributed by atoms with van der Waals surface area (Å²) >= 11 is 0. The van der Waals surface area contributed by atoms with E-state index in [9.17, 15) is 14.3 Å². The Labute approximate surface area is 373 Å². The predicted molar refractivity (Wildman–Crippen MR) is 258 cm³/mol. The number of carbonyl (C=O) groups is 1. The van der Waals surface area contributed by atoms with Gasteiger partial charge in [-0.05, 0) is 96.3 Å². The molecule has 0 amide bonds. The quantitative estimate of drug-likeness (QED) is 0.0199. The Morgan fingerprint density at radius 1 is 0.508 bits per heavy atom. The molecule has 0 spiro atoms. The molecule has 0 aliphatic carbocycles. The van der Waals surface area contributed by atoms with E-state index in [0.29, 0.717) is 24.1 Å². The maximum atomic E-state index is 12.7. The van der Waals surface area contributed by atoms with Crippen LogP contribution in [0.2, 0.25) is 0 Å². The number of allylic oxidation sites excluding steroid dienone is 22. The number of quaternary nitrogens is 1. The Balaban J connectivity index is 4.44. The average Bonchev–Trinajstić information content (AvgIpc) is 3.22. The zero-order valence-electron chi connectivity index (χ0n) is 38.8. The highest BCUT2D eigenvalue weighted by molar-refractivity contribution is 7.45. The van der Waals surface area contributed by atoms with Crippen LogP contribution in [0.25, 0.3) is 0 Å². The van der Waals surface area contributed by atoms with Crippen LogP contribution in [0, 0.1) is 0 Å². The molecular weight excluding hydrogens is 782 g/mol. The first-order chi connectivity index (χ1) is 29.6. The molecule has 0 aliphatic heterocycles. The Morgan fingerprint density at radius 2 is 0.902 bits per heavy atom. The standard InChI is InChI=1S/C52H84NO7P/c1-6-8-10-12-14-16-18-20-22-24-26-28-30-32-34-36-38-40-42-44-47-57-49-51(50-59-61(55,56)58-48-46-53(3,4)5)60-52(54)45-43-41-39-37-35-33-31-29-27-25-23-21-19-17-15-13-11-9-7-2/h8-11,14-17,20-23,26-29,32-35,39,41,51H,6-7,12-13,18-19,24-25,30-31,36-38,40,42-50H2,1-5H3/b10-8-,11-9-,16-14-,17-15-,22-20-,23-21-,28-26-,29-27-,34-32-,35-33-,41-39-. The van der Waals surface area contributed by atoms with Crippen molar-refractivity contribution in [3.05, 3.63) is 134 Å². The minimum absolute atomic E-state index is 0.00172. The van der Waals surface area contributed by atoms with Gasteiger partial charge in [0.05, 0.1) is 34.4 Å². The summed E-state index contributed by atoms with van der Waals surface area (Å²) in [6.45, 7) is 4.96. The molecule has 0 saturated heterocycles. The molecule has 0 aliphatic rings. The lowest BCUT2D eigenvalue weighted by molar-refractivity contribution is -0.870. The maximum absolute atomic E-state index is 12.7. The normalized spacial score (nSPS) is 14.9. The molecule has 8 nitrogen and oxygen atoms in total. The molecule has 9 heteroatoms. The minimum Gasteiger partial charge on any atom is -0.756 e. The van der Waals surface area contributed by atoms with E-state index >= 15 is 0 Å². The summed E-state index contributed by atoms with van der Waals surface area (Å²) in [5.74, 6) is -0.432. The van der Waals surface area contributed by atoms with E-state index < -0.39 is 19.9 Å². The van der Waals surface area contributed by atoms with Crippen LogP contribution in [-0.2, 0) is 27.9 Å². The molecule has 344 valence electrons. The smallest absolute Gasteiger partial charge is 0.306 e. The molecule has 0 fully saturated rings. The highest BCUT2D eigenvalue weighted by atomic mass is 31.2. The fraction of sp³-hybridized carbons (Fsp3) is 0.558. The average molecular weight is 866 g/mol. The van der Waals surface area contributed by atoms with Gasteiger partial charge >= 0.3 is 5.97 Å². The van der Waals surface area contributed by atoms with Gasteiger partial charge in [-0.1, -0.05) is 160 Å². The lowest BCUT2D eigenvalue weighted by Gasteiger charge is -2.28. The van der Waals surface area contributed by atoms with Crippen molar-refractivity contribution in [3.8, 4) is 0 Å². The van der Waals surface area contributed by atoms with Crippen LogP contribution in [0.1, 0.15) is 129 Å². The van der Waals surface area contributed by atoms with Crippen LogP contribution >= 0.6 is 7.82 Å². The summed E-state index contributed by atoms with van der Waals surface area (Å²) in [6.07, 6.45) is 63.4. The molecule has 0 bridgehead atoms. The summed E-state index contributed by atoms with van der Waals surface area (Å²) in [7, 11) is 1.26. The number of ether oxygens (including phenoxy) is 2.